The molecule has 2 aliphatic heterocycles. The maximum atomic E-state index is 12.9. The Labute approximate surface area is 157 Å². The predicted octanol–water partition coefficient (Wildman–Crippen LogP) is 1.97. The first-order chi connectivity index (χ1) is 12.9. The standard InChI is InChI=1S/C21H23N3O3/c1-13-8-17(26)9-19(22-13)21(27)23-10-16-11-24(14(2)25)20(18(16)12-23)15-6-4-3-5-7-15/h3-9,16,18,20H,10-12H2,1-2H3,(H,22,26)/t16-,18-,20+/m1/s1. The fourth-order valence-electron chi connectivity index (χ4n) is 4.58. The van der Waals surface area contributed by atoms with Crippen molar-refractivity contribution >= 4 is 11.8 Å². The zero-order valence-electron chi connectivity index (χ0n) is 15.5. The van der Waals surface area contributed by atoms with E-state index in [0.29, 0.717) is 31.0 Å². The van der Waals surface area contributed by atoms with Gasteiger partial charge in [0.2, 0.25) is 5.91 Å². The summed E-state index contributed by atoms with van der Waals surface area (Å²) in [5.41, 5.74) is 1.95. The molecule has 0 radical (unpaired) electrons. The van der Waals surface area contributed by atoms with Gasteiger partial charge in [-0.3, -0.25) is 14.4 Å². The van der Waals surface area contributed by atoms with Crippen molar-refractivity contribution in [3.8, 4) is 0 Å². The van der Waals surface area contributed by atoms with Crippen molar-refractivity contribution in [2.75, 3.05) is 19.6 Å². The molecule has 0 bridgehead atoms. The highest BCUT2D eigenvalue weighted by molar-refractivity contribution is 5.92. The van der Waals surface area contributed by atoms with E-state index in [4.69, 9.17) is 0 Å². The molecule has 0 aliphatic carbocycles. The third kappa shape index (κ3) is 3.16. The zero-order chi connectivity index (χ0) is 19.1. The molecule has 6 heteroatoms. The summed E-state index contributed by atoms with van der Waals surface area (Å²) in [6.07, 6.45) is 0. The summed E-state index contributed by atoms with van der Waals surface area (Å²) in [4.78, 5) is 43.6. The number of hydrogen-bond acceptors (Lipinski definition) is 3. The Morgan fingerprint density at radius 1 is 1.07 bits per heavy atom. The van der Waals surface area contributed by atoms with Gasteiger partial charge in [0, 0.05) is 56.2 Å². The first-order valence-electron chi connectivity index (χ1n) is 9.26. The summed E-state index contributed by atoms with van der Waals surface area (Å²) in [5.74, 6) is 0.377. The summed E-state index contributed by atoms with van der Waals surface area (Å²) in [7, 11) is 0. The fourth-order valence-corrected chi connectivity index (χ4v) is 4.58. The number of nitrogens with zero attached hydrogens (tertiary/aromatic N) is 2. The molecule has 4 rings (SSSR count). The van der Waals surface area contributed by atoms with E-state index >= 15 is 0 Å². The molecule has 0 unspecified atom stereocenters. The third-order valence-corrected chi connectivity index (χ3v) is 5.70. The predicted molar refractivity (Wildman–Crippen MR) is 101 cm³/mol. The largest absolute Gasteiger partial charge is 0.354 e. The van der Waals surface area contributed by atoms with Gasteiger partial charge in [-0.2, -0.15) is 0 Å². The van der Waals surface area contributed by atoms with Gasteiger partial charge in [-0.1, -0.05) is 30.3 Å². The van der Waals surface area contributed by atoms with Crippen LogP contribution in [0.4, 0.5) is 0 Å². The Hall–Kier alpha value is -2.89. The van der Waals surface area contributed by atoms with Crippen LogP contribution in [-0.4, -0.2) is 46.2 Å². The molecule has 140 valence electrons. The Morgan fingerprint density at radius 3 is 2.48 bits per heavy atom. The quantitative estimate of drug-likeness (QED) is 0.884. The number of pyridine rings is 1. The van der Waals surface area contributed by atoms with Crippen LogP contribution in [0.2, 0.25) is 0 Å². The van der Waals surface area contributed by atoms with Gasteiger partial charge in [-0.15, -0.1) is 0 Å². The average molecular weight is 365 g/mol. The number of aromatic amines is 1. The molecule has 0 saturated carbocycles. The first-order valence-corrected chi connectivity index (χ1v) is 9.26. The van der Waals surface area contributed by atoms with E-state index in [1.807, 2.05) is 40.1 Å². The second-order valence-corrected chi connectivity index (χ2v) is 7.57. The van der Waals surface area contributed by atoms with E-state index in [1.54, 1.807) is 13.8 Å². The third-order valence-electron chi connectivity index (χ3n) is 5.70. The number of aromatic nitrogens is 1. The van der Waals surface area contributed by atoms with Gasteiger partial charge in [-0.05, 0) is 12.5 Å². The highest BCUT2D eigenvalue weighted by Crippen LogP contribution is 2.45. The molecule has 1 aromatic heterocycles. The van der Waals surface area contributed by atoms with E-state index in [9.17, 15) is 14.4 Å². The molecule has 3 heterocycles. The molecule has 2 aromatic rings. The highest BCUT2D eigenvalue weighted by Gasteiger charge is 2.49. The fraction of sp³-hybridized carbons (Fsp3) is 0.381. The minimum Gasteiger partial charge on any atom is -0.354 e. The molecule has 1 N–H and O–H groups in total. The lowest BCUT2D eigenvalue weighted by Crippen LogP contribution is -2.37. The first kappa shape index (κ1) is 17.5. The maximum Gasteiger partial charge on any atom is 0.270 e. The van der Waals surface area contributed by atoms with Gasteiger partial charge < -0.3 is 14.8 Å². The normalized spacial score (nSPS) is 24.1. The van der Waals surface area contributed by atoms with Crippen molar-refractivity contribution in [2.24, 2.45) is 11.8 Å². The molecular formula is C21H23N3O3. The van der Waals surface area contributed by atoms with Crippen LogP contribution in [0.25, 0.3) is 0 Å². The number of likely N-dealkylation sites (tertiary alicyclic amines) is 2. The summed E-state index contributed by atoms with van der Waals surface area (Å²) in [6.45, 7) is 5.23. The molecule has 27 heavy (non-hydrogen) atoms. The van der Waals surface area contributed by atoms with Crippen molar-refractivity contribution in [1.82, 2.24) is 14.8 Å². The minimum atomic E-state index is -0.168. The molecule has 2 amide bonds. The van der Waals surface area contributed by atoms with E-state index in [2.05, 4.69) is 4.98 Å². The lowest BCUT2D eigenvalue weighted by atomic mass is 9.89. The Morgan fingerprint density at radius 2 is 1.81 bits per heavy atom. The van der Waals surface area contributed by atoms with Gasteiger partial charge >= 0.3 is 0 Å². The second-order valence-electron chi connectivity index (χ2n) is 7.57. The number of hydrogen-bond donors (Lipinski definition) is 1. The number of carbonyl (C=O) groups is 2. The van der Waals surface area contributed by atoms with Crippen LogP contribution < -0.4 is 5.43 Å². The van der Waals surface area contributed by atoms with E-state index in [1.165, 1.54) is 12.1 Å². The van der Waals surface area contributed by atoms with Gasteiger partial charge in [0.1, 0.15) is 5.69 Å². The molecule has 2 saturated heterocycles. The highest BCUT2D eigenvalue weighted by atomic mass is 16.2. The maximum absolute atomic E-state index is 12.9. The Balaban J connectivity index is 1.60. The SMILES string of the molecule is CC(=O)N1C[C@H]2CN(C(=O)c3cc(=O)cc(C)[nH]3)C[C@H]2[C@@H]1c1ccccc1. The van der Waals surface area contributed by atoms with E-state index in [-0.39, 0.29) is 35.1 Å². The van der Waals surface area contributed by atoms with Crippen molar-refractivity contribution in [2.45, 2.75) is 19.9 Å². The van der Waals surface area contributed by atoms with Crippen molar-refractivity contribution in [3.05, 3.63) is 69.6 Å². The minimum absolute atomic E-state index is 0.0111. The number of amides is 2. The van der Waals surface area contributed by atoms with Crippen LogP contribution in [-0.2, 0) is 4.79 Å². The molecule has 3 atom stereocenters. The Bertz CT molecular complexity index is 937. The van der Waals surface area contributed by atoms with Crippen LogP contribution in [0.15, 0.2) is 47.3 Å². The molecule has 6 nitrogen and oxygen atoms in total. The number of H-pyrrole nitrogens is 1. The van der Waals surface area contributed by atoms with E-state index in [0.717, 1.165) is 5.56 Å². The average Bonchev–Trinajstić information content (AvgIpc) is 3.18. The molecule has 2 aliphatic rings. The zero-order valence-corrected chi connectivity index (χ0v) is 15.5. The van der Waals surface area contributed by atoms with Gasteiger partial charge in [0.15, 0.2) is 5.43 Å². The molecule has 0 spiro atoms. The number of benzene rings is 1. The lowest BCUT2D eigenvalue weighted by molar-refractivity contribution is -0.130. The van der Waals surface area contributed by atoms with Crippen molar-refractivity contribution in [1.29, 1.82) is 0 Å². The van der Waals surface area contributed by atoms with Crippen LogP contribution in [0.3, 0.4) is 0 Å². The number of aryl methyl sites for hydroxylation is 1. The second kappa shape index (κ2) is 6.68. The van der Waals surface area contributed by atoms with Crippen molar-refractivity contribution in [3.63, 3.8) is 0 Å². The molecular weight excluding hydrogens is 342 g/mol. The topological polar surface area (TPSA) is 73.5 Å². The van der Waals surface area contributed by atoms with Crippen LogP contribution in [0, 0.1) is 18.8 Å². The van der Waals surface area contributed by atoms with Crippen LogP contribution in [0.5, 0.6) is 0 Å². The van der Waals surface area contributed by atoms with Gasteiger partial charge in [0.05, 0.1) is 6.04 Å². The van der Waals surface area contributed by atoms with Crippen molar-refractivity contribution < 1.29 is 9.59 Å². The molecule has 1 aromatic carbocycles. The van der Waals surface area contributed by atoms with Crippen LogP contribution >= 0.6 is 0 Å². The van der Waals surface area contributed by atoms with Crippen LogP contribution in [0.1, 0.15) is 34.7 Å². The van der Waals surface area contributed by atoms with Gasteiger partial charge in [0.25, 0.3) is 5.91 Å². The summed E-state index contributed by atoms with van der Waals surface area (Å²) in [6, 6.07) is 12.9. The van der Waals surface area contributed by atoms with E-state index < -0.39 is 0 Å². The smallest absolute Gasteiger partial charge is 0.270 e. The monoisotopic (exact) mass is 365 g/mol. The lowest BCUT2D eigenvalue weighted by Gasteiger charge is -2.29. The van der Waals surface area contributed by atoms with Gasteiger partial charge in [-0.25, -0.2) is 0 Å². The number of nitrogens with one attached hydrogen (secondary N) is 1. The number of carbonyl (C=O) groups excluding carboxylic acids is 2. The summed E-state index contributed by atoms with van der Waals surface area (Å²) >= 11 is 0. The number of rotatable bonds is 2. The summed E-state index contributed by atoms with van der Waals surface area (Å²) < 4.78 is 0. The molecule has 2 fully saturated rings. The number of fused-ring (bicyclic) bond motifs is 1. The Kier molecular flexibility index (Phi) is 4.34. The summed E-state index contributed by atoms with van der Waals surface area (Å²) in [5, 5.41) is 0.